The minimum Gasteiger partial charge on any atom is -0.493 e. The lowest BCUT2D eigenvalue weighted by atomic mass is 9.89. The molecule has 37 heavy (non-hydrogen) atoms. The Labute approximate surface area is 217 Å². The number of amides is 2. The van der Waals surface area contributed by atoms with Gasteiger partial charge in [0.2, 0.25) is 0 Å². The average molecular weight is 500 g/mol. The Bertz CT molecular complexity index is 1400. The van der Waals surface area contributed by atoms with Crippen molar-refractivity contribution >= 4 is 22.7 Å². The number of hydrogen-bond donors (Lipinski definition) is 3. The van der Waals surface area contributed by atoms with E-state index >= 15 is 0 Å². The summed E-state index contributed by atoms with van der Waals surface area (Å²) in [6.45, 7) is 6.10. The average Bonchev–Trinajstić information content (AvgIpc) is 3.31. The van der Waals surface area contributed by atoms with Crippen LogP contribution in [0.1, 0.15) is 58.5 Å². The van der Waals surface area contributed by atoms with Gasteiger partial charge in [-0.25, -0.2) is 0 Å². The van der Waals surface area contributed by atoms with Crippen molar-refractivity contribution in [1.82, 2.24) is 15.6 Å². The third kappa shape index (κ3) is 5.77. The topological polar surface area (TPSA) is 92.5 Å². The van der Waals surface area contributed by atoms with Crippen LogP contribution < -0.4 is 20.1 Å². The fourth-order valence-corrected chi connectivity index (χ4v) is 4.44. The molecule has 0 fully saturated rings. The molecular formula is C30H33N3O4. The summed E-state index contributed by atoms with van der Waals surface area (Å²) in [5, 5.41) is 7.07. The number of methoxy groups -OCH3 is 2. The Morgan fingerprint density at radius 1 is 0.838 bits per heavy atom. The quantitative estimate of drug-likeness (QED) is 0.308. The molecule has 1 heterocycles. The van der Waals surface area contributed by atoms with E-state index in [-0.39, 0.29) is 23.3 Å². The number of carbonyl (C=O) groups is 2. The first-order valence-corrected chi connectivity index (χ1v) is 12.2. The van der Waals surface area contributed by atoms with Crippen molar-refractivity contribution in [3.8, 4) is 11.5 Å². The third-order valence-corrected chi connectivity index (χ3v) is 6.17. The first-order valence-electron chi connectivity index (χ1n) is 12.2. The van der Waals surface area contributed by atoms with Crippen molar-refractivity contribution in [2.75, 3.05) is 20.8 Å². The Hall–Kier alpha value is -4.26. The molecule has 7 heteroatoms. The van der Waals surface area contributed by atoms with Crippen LogP contribution in [0.15, 0.2) is 72.9 Å². The molecule has 4 rings (SSSR count). The van der Waals surface area contributed by atoms with Crippen molar-refractivity contribution in [3.05, 3.63) is 95.2 Å². The molecule has 7 nitrogen and oxygen atoms in total. The zero-order valence-corrected chi connectivity index (χ0v) is 21.8. The number of rotatable bonds is 8. The molecule has 0 saturated heterocycles. The standard InChI is InChI=1S/C30H33N3O4/c1-30(2,3)33-29(35)20-15-13-19(14-16-20)28(34)32-18-24(22-10-8-12-26(36-4)27(22)37-5)23-17-31-25-11-7-6-9-21(23)25/h6-17,24,31H,18H2,1-5H3,(H,32,34)(H,33,35). The van der Waals surface area contributed by atoms with Gasteiger partial charge in [-0.3, -0.25) is 9.59 Å². The lowest BCUT2D eigenvalue weighted by Crippen LogP contribution is -2.40. The lowest BCUT2D eigenvalue weighted by Gasteiger charge is -2.22. The van der Waals surface area contributed by atoms with E-state index in [1.54, 1.807) is 38.5 Å². The Morgan fingerprint density at radius 3 is 2.16 bits per heavy atom. The summed E-state index contributed by atoms with van der Waals surface area (Å²) < 4.78 is 11.3. The summed E-state index contributed by atoms with van der Waals surface area (Å²) in [7, 11) is 3.22. The van der Waals surface area contributed by atoms with Crippen molar-refractivity contribution in [3.63, 3.8) is 0 Å². The Kier molecular flexibility index (Phi) is 7.53. The summed E-state index contributed by atoms with van der Waals surface area (Å²) in [5.74, 6) is 0.643. The van der Waals surface area contributed by atoms with E-state index in [1.807, 2.05) is 63.4 Å². The molecule has 0 spiro atoms. The van der Waals surface area contributed by atoms with Gasteiger partial charge in [0, 0.05) is 51.8 Å². The largest absolute Gasteiger partial charge is 0.493 e. The molecule has 4 aromatic rings. The van der Waals surface area contributed by atoms with Crippen LogP contribution >= 0.6 is 0 Å². The van der Waals surface area contributed by atoms with E-state index in [0.717, 1.165) is 22.0 Å². The van der Waals surface area contributed by atoms with Gasteiger partial charge in [-0.2, -0.15) is 0 Å². The van der Waals surface area contributed by atoms with Crippen LogP contribution in [-0.2, 0) is 0 Å². The van der Waals surface area contributed by atoms with Crippen LogP contribution in [0.3, 0.4) is 0 Å². The predicted molar refractivity (Wildman–Crippen MR) is 146 cm³/mol. The number of nitrogens with one attached hydrogen (secondary N) is 3. The zero-order valence-electron chi connectivity index (χ0n) is 21.8. The monoisotopic (exact) mass is 499 g/mol. The SMILES string of the molecule is COc1cccc(C(CNC(=O)c2ccc(C(=O)NC(C)(C)C)cc2)c2c[nH]c3ccccc23)c1OC. The number of aromatic nitrogens is 1. The number of aromatic amines is 1. The van der Waals surface area contributed by atoms with Gasteiger partial charge in [0.1, 0.15) is 0 Å². The van der Waals surface area contributed by atoms with Crippen LogP contribution in [0, 0.1) is 0 Å². The second kappa shape index (κ2) is 10.8. The van der Waals surface area contributed by atoms with E-state index in [2.05, 4.69) is 21.7 Å². The van der Waals surface area contributed by atoms with Crippen LogP contribution in [-0.4, -0.2) is 43.1 Å². The van der Waals surface area contributed by atoms with Gasteiger partial charge in [-0.15, -0.1) is 0 Å². The van der Waals surface area contributed by atoms with Crippen molar-refractivity contribution in [2.45, 2.75) is 32.2 Å². The molecule has 0 bridgehead atoms. The van der Waals surface area contributed by atoms with Gasteiger partial charge in [0.05, 0.1) is 14.2 Å². The second-order valence-electron chi connectivity index (χ2n) is 9.92. The van der Waals surface area contributed by atoms with Crippen LogP contribution in [0.25, 0.3) is 10.9 Å². The number of carbonyl (C=O) groups excluding carboxylic acids is 2. The van der Waals surface area contributed by atoms with Gasteiger partial charge in [0.25, 0.3) is 11.8 Å². The fourth-order valence-electron chi connectivity index (χ4n) is 4.44. The second-order valence-corrected chi connectivity index (χ2v) is 9.92. The highest BCUT2D eigenvalue weighted by molar-refractivity contribution is 5.98. The first-order chi connectivity index (χ1) is 17.7. The normalized spacial score (nSPS) is 12.1. The van der Waals surface area contributed by atoms with E-state index in [0.29, 0.717) is 29.2 Å². The molecule has 3 N–H and O–H groups in total. The molecule has 1 atom stereocenters. The summed E-state index contributed by atoms with van der Waals surface area (Å²) in [6.07, 6.45) is 1.98. The van der Waals surface area contributed by atoms with Crippen LogP contribution in [0.2, 0.25) is 0 Å². The number of benzene rings is 3. The molecule has 1 aromatic heterocycles. The number of H-pyrrole nitrogens is 1. The lowest BCUT2D eigenvalue weighted by molar-refractivity contribution is 0.0915. The first kappa shape index (κ1) is 25.8. The number of fused-ring (bicyclic) bond motifs is 1. The van der Waals surface area contributed by atoms with E-state index in [9.17, 15) is 9.59 Å². The molecule has 0 aliphatic heterocycles. The van der Waals surface area contributed by atoms with E-state index in [4.69, 9.17) is 9.47 Å². The molecule has 3 aromatic carbocycles. The van der Waals surface area contributed by atoms with Crippen LogP contribution in [0.5, 0.6) is 11.5 Å². The number of hydrogen-bond acceptors (Lipinski definition) is 4. The molecule has 0 aliphatic rings. The number of ether oxygens (including phenoxy) is 2. The minimum atomic E-state index is -0.342. The van der Waals surface area contributed by atoms with E-state index < -0.39 is 0 Å². The van der Waals surface area contributed by atoms with Crippen molar-refractivity contribution < 1.29 is 19.1 Å². The van der Waals surface area contributed by atoms with Crippen molar-refractivity contribution in [2.24, 2.45) is 0 Å². The summed E-state index contributed by atoms with van der Waals surface area (Å²) in [4.78, 5) is 28.9. The highest BCUT2D eigenvalue weighted by atomic mass is 16.5. The summed E-state index contributed by atoms with van der Waals surface area (Å²) in [6, 6.07) is 20.5. The maximum Gasteiger partial charge on any atom is 0.251 e. The predicted octanol–water partition coefficient (Wildman–Crippen LogP) is 5.28. The Balaban J connectivity index is 1.61. The highest BCUT2D eigenvalue weighted by Gasteiger charge is 2.24. The van der Waals surface area contributed by atoms with Gasteiger partial charge in [0.15, 0.2) is 11.5 Å². The molecule has 0 saturated carbocycles. The molecule has 0 aliphatic carbocycles. The number of para-hydroxylation sites is 2. The molecular weight excluding hydrogens is 466 g/mol. The molecule has 1 unspecified atom stereocenters. The zero-order chi connectivity index (χ0) is 26.6. The minimum absolute atomic E-state index is 0.177. The highest BCUT2D eigenvalue weighted by Crippen LogP contribution is 2.40. The fraction of sp³-hybridized carbons (Fsp3) is 0.267. The van der Waals surface area contributed by atoms with Gasteiger partial charge in [-0.05, 0) is 62.7 Å². The van der Waals surface area contributed by atoms with Gasteiger partial charge < -0.3 is 25.1 Å². The molecule has 0 radical (unpaired) electrons. The molecule has 192 valence electrons. The van der Waals surface area contributed by atoms with Crippen molar-refractivity contribution in [1.29, 1.82) is 0 Å². The van der Waals surface area contributed by atoms with Crippen LogP contribution in [0.4, 0.5) is 0 Å². The van der Waals surface area contributed by atoms with Gasteiger partial charge >= 0.3 is 0 Å². The summed E-state index contributed by atoms with van der Waals surface area (Å²) >= 11 is 0. The maximum absolute atomic E-state index is 13.1. The third-order valence-electron chi connectivity index (χ3n) is 6.17. The smallest absolute Gasteiger partial charge is 0.251 e. The Morgan fingerprint density at radius 2 is 1.51 bits per heavy atom. The summed E-state index contributed by atoms with van der Waals surface area (Å²) in [5.41, 5.74) is 3.59. The van der Waals surface area contributed by atoms with E-state index in [1.165, 1.54) is 0 Å². The van der Waals surface area contributed by atoms with Gasteiger partial charge in [-0.1, -0.05) is 30.3 Å². The molecule has 2 amide bonds. The maximum atomic E-state index is 13.1.